The number of carbonyl (C=O) groups is 3. The van der Waals surface area contributed by atoms with Crippen LogP contribution in [-0.4, -0.2) is 71.3 Å². The molecular weight excluding hydrogens is 520 g/mol. The van der Waals surface area contributed by atoms with Crippen LogP contribution in [0, 0.1) is 11.8 Å². The zero-order chi connectivity index (χ0) is 27.1. The molecule has 6 N–H and O–H groups in total. The van der Waals surface area contributed by atoms with E-state index in [9.17, 15) is 33.0 Å². The lowest BCUT2D eigenvalue weighted by Crippen LogP contribution is -2.64. The zero-order valence-electron chi connectivity index (χ0n) is 20.6. The smallest absolute Gasteiger partial charge is 0.353 e. The molecule has 1 aromatic rings. The molecule has 0 bridgehead atoms. The number of sulfonamides is 1. The first kappa shape index (κ1) is 27.6. The van der Waals surface area contributed by atoms with Crippen molar-refractivity contribution in [3.05, 3.63) is 40.4 Å². The maximum absolute atomic E-state index is 12.8. The lowest BCUT2D eigenvalue weighted by molar-refractivity contribution is -0.164. The molecule has 0 aromatic heterocycles. The monoisotopic (exact) mass is 552 g/mol. The molecule has 6 atom stereocenters. The van der Waals surface area contributed by atoms with Gasteiger partial charge in [0.25, 0.3) is 0 Å². The van der Waals surface area contributed by atoms with E-state index in [1.54, 1.807) is 19.1 Å². The van der Waals surface area contributed by atoms with Crippen molar-refractivity contribution in [3.8, 4) is 0 Å². The zero-order valence-corrected chi connectivity index (χ0v) is 22.2. The van der Waals surface area contributed by atoms with E-state index in [2.05, 4.69) is 10.6 Å². The van der Waals surface area contributed by atoms with E-state index < -0.39 is 34.1 Å². The van der Waals surface area contributed by atoms with Crippen molar-refractivity contribution in [1.29, 1.82) is 0 Å². The van der Waals surface area contributed by atoms with Crippen molar-refractivity contribution in [1.82, 2.24) is 15.5 Å². The average molecular weight is 553 g/mol. The van der Waals surface area contributed by atoms with Gasteiger partial charge in [0.15, 0.2) is 0 Å². The number of primary sulfonamides is 1. The molecule has 3 aliphatic heterocycles. The molecule has 0 spiro atoms. The molecule has 37 heavy (non-hydrogen) atoms. The van der Waals surface area contributed by atoms with E-state index in [-0.39, 0.29) is 46.2 Å². The highest BCUT2D eigenvalue weighted by molar-refractivity contribution is 8.03. The summed E-state index contributed by atoms with van der Waals surface area (Å²) in [4.78, 5) is 39.6. The van der Waals surface area contributed by atoms with Gasteiger partial charge >= 0.3 is 5.97 Å². The van der Waals surface area contributed by atoms with Crippen LogP contribution in [0.1, 0.15) is 38.7 Å². The summed E-state index contributed by atoms with van der Waals surface area (Å²) in [7, 11) is -3.78. The Morgan fingerprint density at radius 2 is 1.95 bits per heavy atom. The molecule has 2 saturated heterocycles. The number of hydrogen-bond acceptors (Lipinski definition) is 8. The first-order valence-corrected chi connectivity index (χ1v) is 14.7. The van der Waals surface area contributed by atoms with Crippen LogP contribution in [0.25, 0.3) is 0 Å². The number of thioether (sulfide) groups is 1. The predicted molar refractivity (Wildman–Crippen MR) is 136 cm³/mol. The highest BCUT2D eigenvalue weighted by atomic mass is 32.2. The third kappa shape index (κ3) is 5.28. The lowest BCUT2D eigenvalue weighted by Gasteiger charge is -2.47. The van der Waals surface area contributed by atoms with E-state index >= 15 is 0 Å². The SMILES string of the molecule is CCC(O)C1C(=O)N2C(C(=O)O)=C(SC3CNC(C(=O)NCc4ccc(S(N)(=O)=O)cc4)C3)C(CC)C12. The fourth-order valence-corrected chi connectivity index (χ4v) is 7.50. The van der Waals surface area contributed by atoms with Gasteiger partial charge in [0, 0.05) is 29.2 Å². The number of fused-ring (bicyclic) bond motifs is 1. The Kier molecular flexibility index (Phi) is 8.00. The van der Waals surface area contributed by atoms with Crippen molar-refractivity contribution >= 4 is 39.6 Å². The Morgan fingerprint density at radius 3 is 2.51 bits per heavy atom. The minimum absolute atomic E-state index is 0.00208. The second-order valence-electron chi connectivity index (χ2n) is 9.58. The van der Waals surface area contributed by atoms with Gasteiger partial charge in [-0.2, -0.15) is 0 Å². The molecule has 3 aliphatic rings. The van der Waals surface area contributed by atoms with Gasteiger partial charge in [0.05, 0.1) is 29.0 Å². The molecule has 0 saturated carbocycles. The number of nitrogens with one attached hydrogen (secondary N) is 2. The largest absolute Gasteiger partial charge is 0.477 e. The highest BCUT2D eigenvalue weighted by Crippen LogP contribution is 2.53. The minimum atomic E-state index is -3.78. The number of nitrogens with zero attached hydrogens (tertiary/aromatic N) is 1. The van der Waals surface area contributed by atoms with Gasteiger partial charge in [-0.3, -0.25) is 9.59 Å². The number of β-lactam (4-membered cyclic amide) rings is 1. The molecule has 2 fully saturated rings. The molecule has 0 aliphatic carbocycles. The summed E-state index contributed by atoms with van der Waals surface area (Å²) in [5, 5.41) is 31.4. The van der Waals surface area contributed by atoms with Crippen LogP contribution < -0.4 is 15.8 Å². The summed E-state index contributed by atoms with van der Waals surface area (Å²) in [5.74, 6) is -2.48. The Bertz CT molecular complexity index is 1220. The quantitative estimate of drug-likeness (QED) is 0.256. The molecule has 3 heterocycles. The van der Waals surface area contributed by atoms with Crippen molar-refractivity contribution in [2.24, 2.45) is 17.0 Å². The fraction of sp³-hybridized carbons (Fsp3) is 0.542. The minimum Gasteiger partial charge on any atom is -0.477 e. The summed E-state index contributed by atoms with van der Waals surface area (Å²) in [6, 6.07) is 5.11. The number of nitrogens with two attached hydrogens (primary N) is 1. The van der Waals surface area contributed by atoms with Gasteiger partial charge in [-0.05, 0) is 37.0 Å². The molecule has 6 unspecified atom stereocenters. The summed E-state index contributed by atoms with van der Waals surface area (Å²) < 4.78 is 22.8. The first-order valence-electron chi connectivity index (χ1n) is 12.3. The van der Waals surface area contributed by atoms with Crippen LogP contribution >= 0.6 is 11.8 Å². The molecule has 13 heteroatoms. The number of aliphatic hydroxyl groups is 1. The number of carbonyl (C=O) groups excluding carboxylic acids is 2. The Hall–Kier alpha value is -2.45. The van der Waals surface area contributed by atoms with Gasteiger partial charge in [-0.25, -0.2) is 18.4 Å². The van der Waals surface area contributed by atoms with E-state index in [1.807, 2.05) is 6.92 Å². The standard InChI is InChI=1S/C24H32N4O7S2/c1-3-15-19-18(17(29)4-2)23(31)28(19)20(24(32)33)21(15)36-13-9-16(26-11-13)22(30)27-10-12-5-7-14(8-6-12)37(25,34)35/h5-8,13,15-19,26,29H,3-4,9-11H2,1-2H3,(H,27,30)(H,32,33)(H2,25,34,35). The van der Waals surface area contributed by atoms with E-state index in [4.69, 9.17) is 5.14 Å². The van der Waals surface area contributed by atoms with E-state index in [1.165, 1.54) is 28.8 Å². The predicted octanol–water partition coefficient (Wildman–Crippen LogP) is 0.348. The van der Waals surface area contributed by atoms with Crippen LogP contribution in [0.15, 0.2) is 39.8 Å². The first-order chi connectivity index (χ1) is 17.5. The second-order valence-corrected chi connectivity index (χ2v) is 12.5. The van der Waals surface area contributed by atoms with Gasteiger partial charge in [0.1, 0.15) is 5.70 Å². The number of amides is 2. The van der Waals surface area contributed by atoms with Crippen LogP contribution in [0.4, 0.5) is 0 Å². The van der Waals surface area contributed by atoms with Crippen molar-refractivity contribution in [3.63, 3.8) is 0 Å². The maximum atomic E-state index is 12.8. The molecule has 202 valence electrons. The third-order valence-corrected chi connectivity index (χ3v) is 9.68. The topological polar surface area (TPSA) is 179 Å². The van der Waals surface area contributed by atoms with Gasteiger partial charge < -0.3 is 25.7 Å². The second kappa shape index (κ2) is 10.7. The number of rotatable bonds is 10. The number of carboxylic acids is 1. The number of hydrogen-bond donors (Lipinski definition) is 5. The summed E-state index contributed by atoms with van der Waals surface area (Å²) in [5.41, 5.74) is 0.720. The van der Waals surface area contributed by atoms with E-state index in [0.29, 0.717) is 30.7 Å². The van der Waals surface area contributed by atoms with Gasteiger partial charge in [-0.1, -0.05) is 26.0 Å². The molecule has 2 amide bonds. The normalized spacial score (nSPS) is 28.2. The summed E-state index contributed by atoms with van der Waals surface area (Å²) in [6.07, 6.45) is 0.725. The summed E-state index contributed by atoms with van der Waals surface area (Å²) >= 11 is 1.41. The van der Waals surface area contributed by atoms with Crippen LogP contribution in [-0.2, 0) is 31.0 Å². The molecular formula is C24H32N4O7S2. The Balaban J connectivity index is 1.39. The van der Waals surface area contributed by atoms with Gasteiger partial charge in [-0.15, -0.1) is 11.8 Å². The van der Waals surface area contributed by atoms with Crippen molar-refractivity contribution in [2.75, 3.05) is 6.54 Å². The number of carboxylic acid groups (broad SMARTS) is 1. The van der Waals surface area contributed by atoms with E-state index in [0.717, 1.165) is 5.56 Å². The fourth-order valence-electron chi connectivity index (χ4n) is 5.38. The van der Waals surface area contributed by atoms with Crippen LogP contribution in [0.2, 0.25) is 0 Å². The van der Waals surface area contributed by atoms with Crippen LogP contribution in [0.5, 0.6) is 0 Å². The number of aliphatic hydroxyl groups excluding tert-OH is 1. The van der Waals surface area contributed by atoms with Crippen LogP contribution in [0.3, 0.4) is 0 Å². The molecule has 4 rings (SSSR count). The molecule has 1 aromatic carbocycles. The van der Waals surface area contributed by atoms with Crippen molar-refractivity contribution in [2.45, 2.75) is 68.0 Å². The molecule has 0 radical (unpaired) electrons. The Morgan fingerprint density at radius 1 is 1.27 bits per heavy atom. The summed E-state index contributed by atoms with van der Waals surface area (Å²) in [6.45, 7) is 4.46. The number of aliphatic carboxylic acids is 1. The third-order valence-electron chi connectivity index (χ3n) is 7.31. The van der Waals surface area contributed by atoms with Crippen molar-refractivity contribution < 1.29 is 33.0 Å². The lowest BCUT2D eigenvalue weighted by atomic mass is 9.76. The average Bonchev–Trinajstić information content (AvgIpc) is 3.43. The molecule has 11 nitrogen and oxygen atoms in total. The Labute approximate surface area is 219 Å². The highest BCUT2D eigenvalue weighted by Gasteiger charge is 2.61. The maximum Gasteiger partial charge on any atom is 0.353 e. The van der Waals surface area contributed by atoms with Gasteiger partial charge in [0.2, 0.25) is 21.8 Å². The number of benzene rings is 1.